The van der Waals surface area contributed by atoms with Gasteiger partial charge in [-0.05, 0) is 52.1 Å². The first kappa shape index (κ1) is 19.5. The van der Waals surface area contributed by atoms with E-state index in [0.717, 1.165) is 34.8 Å². The zero-order chi connectivity index (χ0) is 20.5. The lowest BCUT2D eigenvalue weighted by Gasteiger charge is -2.15. The topological polar surface area (TPSA) is 49.7 Å². The van der Waals surface area contributed by atoms with Crippen molar-refractivity contribution >= 4 is 11.3 Å². The molecule has 0 saturated carbocycles. The van der Waals surface area contributed by atoms with Crippen molar-refractivity contribution in [2.24, 2.45) is 0 Å². The van der Waals surface area contributed by atoms with Gasteiger partial charge in [-0.1, -0.05) is 12.1 Å². The largest absolute Gasteiger partial charge is 0.296 e. The van der Waals surface area contributed by atoms with E-state index in [1.165, 1.54) is 15.8 Å². The van der Waals surface area contributed by atoms with Crippen LogP contribution in [-0.4, -0.2) is 31.9 Å². The van der Waals surface area contributed by atoms with Crippen molar-refractivity contribution in [3.05, 3.63) is 75.1 Å². The molecule has 0 aliphatic heterocycles. The Morgan fingerprint density at radius 3 is 2.59 bits per heavy atom. The first-order valence-corrected chi connectivity index (χ1v) is 10.3. The highest BCUT2D eigenvalue weighted by Crippen LogP contribution is 2.33. The quantitative estimate of drug-likeness (QED) is 0.486. The highest BCUT2D eigenvalue weighted by atomic mass is 32.1. The number of halogens is 1. The van der Waals surface area contributed by atoms with Gasteiger partial charge >= 0.3 is 0 Å². The Balaban J connectivity index is 1.71. The van der Waals surface area contributed by atoms with Crippen LogP contribution >= 0.6 is 11.3 Å². The molecule has 0 unspecified atom stereocenters. The summed E-state index contributed by atoms with van der Waals surface area (Å²) in [7, 11) is 2.06. The van der Waals surface area contributed by atoms with Gasteiger partial charge in [0.15, 0.2) is 0 Å². The van der Waals surface area contributed by atoms with Crippen LogP contribution in [0, 0.1) is 26.6 Å². The number of aromatic nitrogens is 4. The maximum Gasteiger partial charge on any atom is 0.148 e. The van der Waals surface area contributed by atoms with Gasteiger partial charge in [0.05, 0.1) is 11.4 Å². The fraction of sp³-hybridized carbons (Fsp3) is 0.273. The normalized spacial score (nSPS) is 11.5. The lowest BCUT2D eigenvalue weighted by atomic mass is 10.1. The molecule has 1 N–H and O–H groups in total. The van der Waals surface area contributed by atoms with Gasteiger partial charge in [-0.25, -0.2) is 9.07 Å². The van der Waals surface area contributed by atoms with E-state index >= 15 is 0 Å². The first-order chi connectivity index (χ1) is 13.9. The highest BCUT2D eigenvalue weighted by Gasteiger charge is 2.18. The van der Waals surface area contributed by atoms with Crippen molar-refractivity contribution in [1.82, 2.24) is 24.9 Å². The van der Waals surface area contributed by atoms with E-state index in [-0.39, 0.29) is 5.82 Å². The number of rotatable bonds is 6. The number of thiophene rings is 1. The minimum absolute atomic E-state index is 0.285. The van der Waals surface area contributed by atoms with Crippen LogP contribution in [0.25, 0.3) is 16.9 Å². The molecule has 0 bridgehead atoms. The third kappa shape index (κ3) is 4.16. The molecule has 0 aliphatic rings. The van der Waals surface area contributed by atoms with Gasteiger partial charge in [-0.2, -0.15) is 10.2 Å². The lowest BCUT2D eigenvalue weighted by molar-refractivity contribution is 0.315. The summed E-state index contributed by atoms with van der Waals surface area (Å²) in [6.07, 6.45) is 1.94. The molecule has 29 heavy (non-hydrogen) atoms. The molecular weight excluding hydrogens is 385 g/mol. The molecule has 0 spiro atoms. The Morgan fingerprint density at radius 1 is 1.14 bits per heavy atom. The molecule has 0 amide bonds. The van der Waals surface area contributed by atoms with Gasteiger partial charge in [0.1, 0.15) is 11.5 Å². The van der Waals surface area contributed by atoms with E-state index in [0.29, 0.717) is 12.2 Å². The van der Waals surface area contributed by atoms with Crippen LogP contribution in [0.3, 0.4) is 0 Å². The minimum Gasteiger partial charge on any atom is -0.296 e. The third-order valence-electron chi connectivity index (χ3n) is 4.82. The smallest absolute Gasteiger partial charge is 0.148 e. The van der Waals surface area contributed by atoms with E-state index < -0.39 is 0 Å². The number of aryl methyl sites for hydroxylation is 3. The molecule has 7 heteroatoms. The molecule has 0 saturated heterocycles. The summed E-state index contributed by atoms with van der Waals surface area (Å²) in [5, 5.41) is 12.1. The van der Waals surface area contributed by atoms with E-state index in [1.54, 1.807) is 28.2 Å². The van der Waals surface area contributed by atoms with E-state index in [9.17, 15) is 4.39 Å². The molecule has 3 aromatic heterocycles. The van der Waals surface area contributed by atoms with Crippen LogP contribution in [0.5, 0.6) is 0 Å². The molecule has 1 aromatic carbocycles. The van der Waals surface area contributed by atoms with Gasteiger partial charge in [0.25, 0.3) is 0 Å². The number of hydrogen-bond donors (Lipinski definition) is 1. The molecule has 0 radical (unpaired) electrons. The summed E-state index contributed by atoms with van der Waals surface area (Å²) in [5.74, 6) is -0.285. The summed E-state index contributed by atoms with van der Waals surface area (Å²) in [5.41, 5.74) is 5.57. The molecule has 0 atom stereocenters. The zero-order valence-electron chi connectivity index (χ0n) is 17.0. The van der Waals surface area contributed by atoms with Crippen LogP contribution in [-0.2, 0) is 13.1 Å². The summed E-state index contributed by atoms with van der Waals surface area (Å²) in [6.45, 7) is 7.60. The Hall–Kier alpha value is -2.77. The number of H-pyrrole nitrogens is 1. The molecule has 150 valence electrons. The minimum atomic E-state index is -0.285. The predicted molar refractivity (Wildman–Crippen MR) is 115 cm³/mol. The van der Waals surface area contributed by atoms with Crippen molar-refractivity contribution < 1.29 is 4.39 Å². The molecule has 5 nitrogen and oxygen atoms in total. The zero-order valence-corrected chi connectivity index (χ0v) is 17.8. The number of nitrogens with one attached hydrogen (secondary N) is 1. The predicted octanol–water partition coefficient (Wildman–Crippen LogP) is 5.02. The number of aromatic amines is 1. The average molecular weight is 410 g/mol. The molecule has 3 heterocycles. The summed E-state index contributed by atoms with van der Waals surface area (Å²) in [4.78, 5) is 4.65. The molecule has 4 aromatic rings. The van der Waals surface area contributed by atoms with Gasteiger partial charge in [-0.15, -0.1) is 11.3 Å². The average Bonchev–Trinajstić information content (AvgIpc) is 3.34. The number of nitrogens with zero attached hydrogens (tertiary/aromatic N) is 4. The monoisotopic (exact) mass is 409 g/mol. The van der Waals surface area contributed by atoms with Gasteiger partial charge < -0.3 is 0 Å². The van der Waals surface area contributed by atoms with E-state index in [1.807, 2.05) is 25.3 Å². The fourth-order valence-corrected chi connectivity index (χ4v) is 4.48. The SMILES string of the molecule is Cc1cc(CN(C)Cc2cn(-c3ccccc3F)nc2-c2cc(C)sc2C)n[nH]1. The van der Waals surface area contributed by atoms with Crippen LogP contribution in [0.4, 0.5) is 4.39 Å². The molecule has 0 fully saturated rings. The van der Waals surface area contributed by atoms with E-state index in [4.69, 9.17) is 5.10 Å². The molecule has 4 rings (SSSR count). The highest BCUT2D eigenvalue weighted by molar-refractivity contribution is 7.12. The van der Waals surface area contributed by atoms with Crippen molar-refractivity contribution in [1.29, 1.82) is 0 Å². The van der Waals surface area contributed by atoms with Gasteiger partial charge in [-0.3, -0.25) is 10.00 Å². The van der Waals surface area contributed by atoms with Crippen LogP contribution in [0.1, 0.15) is 26.7 Å². The Bertz CT molecular complexity index is 1140. The molecule has 0 aliphatic carbocycles. The van der Waals surface area contributed by atoms with Crippen molar-refractivity contribution in [2.45, 2.75) is 33.9 Å². The summed E-state index contributed by atoms with van der Waals surface area (Å²) in [6, 6.07) is 10.9. The van der Waals surface area contributed by atoms with Crippen molar-refractivity contribution in [3.63, 3.8) is 0 Å². The maximum atomic E-state index is 14.4. The van der Waals surface area contributed by atoms with Crippen LogP contribution in [0.15, 0.2) is 42.6 Å². The second-order valence-corrected chi connectivity index (χ2v) is 8.90. The second kappa shape index (κ2) is 7.93. The maximum absolute atomic E-state index is 14.4. The van der Waals surface area contributed by atoms with Crippen LogP contribution in [0.2, 0.25) is 0 Å². The van der Waals surface area contributed by atoms with Crippen molar-refractivity contribution in [2.75, 3.05) is 7.05 Å². The second-order valence-electron chi connectivity index (χ2n) is 7.44. The van der Waals surface area contributed by atoms with Crippen LogP contribution < -0.4 is 0 Å². The van der Waals surface area contributed by atoms with Gasteiger partial charge in [0, 0.05) is 45.9 Å². The fourth-order valence-electron chi connectivity index (χ4n) is 3.56. The first-order valence-electron chi connectivity index (χ1n) is 9.51. The Morgan fingerprint density at radius 2 is 1.93 bits per heavy atom. The number of benzene rings is 1. The Labute approximate surface area is 173 Å². The number of para-hydroxylation sites is 1. The number of hydrogen-bond acceptors (Lipinski definition) is 4. The third-order valence-corrected chi connectivity index (χ3v) is 5.78. The summed E-state index contributed by atoms with van der Waals surface area (Å²) >= 11 is 1.75. The molecular formula is C22H24FN5S. The van der Waals surface area contributed by atoms with E-state index in [2.05, 4.69) is 42.1 Å². The standard InChI is InChI=1S/C22H24FN5S/c1-14-9-18(25-24-14)13-27(4)11-17-12-28(21-8-6-5-7-20(21)23)26-22(17)19-10-15(2)29-16(19)3/h5-10,12H,11,13H2,1-4H3,(H,24,25). The van der Waals surface area contributed by atoms with Gasteiger partial charge in [0.2, 0.25) is 0 Å². The lowest BCUT2D eigenvalue weighted by Crippen LogP contribution is -2.17. The van der Waals surface area contributed by atoms with Crippen molar-refractivity contribution in [3.8, 4) is 16.9 Å². The Kier molecular flexibility index (Phi) is 5.34. The summed E-state index contributed by atoms with van der Waals surface area (Å²) < 4.78 is 16.0.